The third kappa shape index (κ3) is 4.08. The average Bonchev–Trinajstić information content (AvgIpc) is 2.42. The monoisotopic (exact) mass is 347 g/mol. The maximum atomic E-state index is 6.23. The van der Waals surface area contributed by atoms with Crippen LogP contribution in [-0.2, 0) is 6.42 Å². The molecule has 0 saturated heterocycles. The highest BCUT2D eigenvalue weighted by molar-refractivity contribution is 9.10. The highest BCUT2D eigenvalue weighted by Crippen LogP contribution is 2.34. The first kappa shape index (κ1) is 16.1. The molecule has 3 heteroatoms. The third-order valence-electron chi connectivity index (χ3n) is 3.45. The molecule has 0 aliphatic heterocycles. The molecule has 0 atom stereocenters. The number of hydrogen-bond acceptors (Lipinski definition) is 2. The Balaban J connectivity index is 2.42. The van der Waals surface area contributed by atoms with E-state index in [4.69, 9.17) is 10.5 Å². The number of hydrogen-bond donors (Lipinski definition) is 1. The molecule has 0 aromatic heterocycles. The van der Waals surface area contributed by atoms with Crippen LogP contribution < -0.4 is 10.5 Å². The minimum absolute atomic E-state index is 0.422. The predicted molar refractivity (Wildman–Crippen MR) is 92.2 cm³/mol. The summed E-state index contributed by atoms with van der Waals surface area (Å²) >= 11 is 3.51. The molecule has 2 aromatic carbocycles. The Morgan fingerprint density at radius 3 is 2.52 bits per heavy atom. The van der Waals surface area contributed by atoms with E-state index in [1.54, 1.807) is 0 Å². The van der Waals surface area contributed by atoms with Gasteiger partial charge in [0, 0.05) is 4.47 Å². The van der Waals surface area contributed by atoms with E-state index in [2.05, 4.69) is 61.0 Å². The van der Waals surface area contributed by atoms with E-state index < -0.39 is 0 Å². The van der Waals surface area contributed by atoms with Crippen molar-refractivity contribution in [1.29, 1.82) is 0 Å². The number of rotatable bonds is 5. The van der Waals surface area contributed by atoms with Crippen LogP contribution in [0.25, 0.3) is 0 Å². The quantitative estimate of drug-likeness (QED) is 0.809. The van der Waals surface area contributed by atoms with E-state index in [1.807, 2.05) is 12.1 Å². The van der Waals surface area contributed by atoms with Gasteiger partial charge in [-0.2, -0.15) is 0 Å². The van der Waals surface area contributed by atoms with Crippen molar-refractivity contribution in [3.05, 3.63) is 57.6 Å². The molecule has 0 saturated carbocycles. The number of nitrogens with two attached hydrogens (primary N) is 1. The van der Waals surface area contributed by atoms with Crippen LogP contribution in [-0.4, -0.2) is 6.54 Å². The fourth-order valence-corrected chi connectivity index (χ4v) is 2.65. The second-order valence-corrected chi connectivity index (χ2v) is 6.50. The maximum absolute atomic E-state index is 6.23. The number of halogens is 1. The van der Waals surface area contributed by atoms with Crippen LogP contribution in [0.3, 0.4) is 0 Å². The van der Waals surface area contributed by atoms with Crippen molar-refractivity contribution in [2.75, 3.05) is 6.54 Å². The Hall–Kier alpha value is -1.32. The minimum atomic E-state index is 0.422. The molecule has 21 heavy (non-hydrogen) atoms. The molecular weight excluding hydrogens is 326 g/mol. The Bertz CT molecular complexity index is 623. The lowest BCUT2D eigenvalue weighted by Crippen LogP contribution is -2.04. The fourth-order valence-electron chi connectivity index (χ4n) is 2.31. The smallest absolute Gasteiger partial charge is 0.131 e. The van der Waals surface area contributed by atoms with E-state index in [-0.39, 0.29) is 0 Å². The topological polar surface area (TPSA) is 35.2 Å². The summed E-state index contributed by atoms with van der Waals surface area (Å²) in [5, 5.41) is 0. The Labute approximate surface area is 135 Å². The highest BCUT2D eigenvalue weighted by atomic mass is 79.9. The largest absolute Gasteiger partial charge is 0.457 e. The second-order valence-electron chi connectivity index (χ2n) is 5.59. The summed E-state index contributed by atoms with van der Waals surface area (Å²) in [7, 11) is 0. The van der Waals surface area contributed by atoms with Crippen molar-refractivity contribution in [1.82, 2.24) is 0 Å². The first-order chi connectivity index (χ1) is 10.0. The van der Waals surface area contributed by atoms with Gasteiger partial charge in [-0.3, -0.25) is 0 Å². The van der Waals surface area contributed by atoms with Crippen molar-refractivity contribution < 1.29 is 4.74 Å². The van der Waals surface area contributed by atoms with Crippen LogP contribution in [0.2, 0.25) is 0 Å². The normalized spacial score (nSPS) is 11.0. The Kier molecular flexibility index (Phi) is 5.43. The molecular formula is C18H22BrNO. The molecule has 2 aromatic rings. The number of aryl methyl sites for hydroxylation is 1. The van der Waals surface area contributed by atoms with Gasteiger partial charge in [-0.25, -0.2) is 0 Å². The van der Waals surface area contributed by atoms with Gasteiger partial charge in [-0.05, 0) is 60.7 Å². The SMILES string of the molecule is Cc1ccc(C(C)C)c(Oc2cc(Br)ccc2CCN)c1. The summed E-state index contributed by atoms with van der Waals surface area (Å²) in [6.45, 7) is 7.06. The van der Waals surface area contributed by atoms with Gasteiger partial charge in [0.25, 0.3) is 0 Å². The van der Waals surface area contributed by atoms with Crippen LogP contribution in [0.1, 0.15) is 36.5 Å². The molecule has 2 nitrogen and oxygen atoms in total. The van der Waals surface area contributed by atoms with Gasteiger partial charge >= 0.3 is 0 Å². The number of ether oxygens (including phenoxy) is 1. The Morgan fingerprint density at radius 1 is 1.10 bits per heavy atom. The van der Waals surface area contributed by atoms with Gasteiger partial charge in [0.1, 0.15) is 11.5 Å². The second kappa shape index (κ2) is 7.10. The molecule has 0 bridgehead atoms. The summed E-state index contributed by atoms with van der Waals surface area (Å²) in [4.78, 5) is 0. The zero-order chi connectivity index (χ0) is 15.4. The van der Waals surface area contributed by atoms with Crippen LogP contribution in [0.15, 0.2) is 40.9 Å². The third-order valence-corrected chi connectivity index (χ3v) is 3.95. The lowest BCUT2D eigenvalue weighted by Gasteiger charge is -2.17. The highest BCUT2D eigenvalue weighted by Gasteiger charge is 2.11. The lowest BCUT2D eigenvalue weighted by atomic mass is 10.0. The lowest BCUT2D eigenvalue weighted by molar-refractivity contribution is 0.466. The van der Waals surface area contributed by atoms with Crippen LogP contribution >= 0.6 is 15.9 Å². The fraction of sp³-hybridized carbons (Fsp3) is 0.333. The van der Waals surface area contributed by atoms with Gasteiger partial charge in [0.2, 0.25) is 0 Å². The van der Waals surface area contributed by atoms with Crippen LogP contribution in [0.5, 0.6) is 11.5 Å². The molecule has 2 rings (SSSR count). The van der Waals surface area contributed by atoms with E-state index in [0.717, 1.165) is 28.0 Å². The molecule has 0 amide bonds. The van der Waals surface area contributed by atoms with Crippen molar-refractivity contribution >= 4 is 15.9 Å². The van der Waals surface area contributed by atoms with Gasteiger partial charge in [0.15, 0.2) is 0 Å². The number of benzene rings is 2. The van der Waals surface area contributed by atoms with Gasteiger partial charge in [-0.1, -0.05) is 48.0 Å². The van der Waals surface area contributed by atoms with Crippen molar-refractivity contribution in [3.63, 3.8) is 0 Å². The van der Waals surface area contributed by atoms with E-state index >= 15 is 0 Å². The molecule has 0 aliphatic rings. The summed E-state index contributed by atoms with van der Waals surface area (Å²) in [6.07, 6.45) is 0.811. The summed E-state index contributed by atoms with van der Waals surface area (Å²) < 4.78 is 7.24. The van der Waals surface area contributed by atoms with E-state index in [9.17, 15) is 0 Å². The molecule has 0 radical (unpaired) electrons. The van der Waals surface area contributed by atoms with Crippen molar-refractivity contribution in [2.45, 2.75) is 33.1 Å². The molecule has 0 fully saturated rings. The van der Waals surface area contributed by atoms with Gasteiger partial charge in [0.05, 0.1) is 0 Å². The summed E-state index contributed by atoms with van der Waals surface area (Å²) in [5.41, 5.74) is 9.25. The Morgan fingerprint density at radius 2 is 1.86 bits per heavy atom. The summed E-state index contributed by atoms with van der Waals surface area (Å²) in [6, 6.07) is 12.5. The average molecular weight is 348 g/mol. The van der Waals surface area contributed by atoms with E-state index in [1.165, 1.54) is 11.1 Å². The van der Waals surface area contributed by atoms with Crippen molar-refractivity contribution in [2.24, 2.45) is 5.73 Å². The van der Waals surface area contributed by atoms with Crippen molar-refractivity contribution in [3.8, 4) is 11.5 Å². The molecule has 2 N–H and O–H groups in total. The molecule has 0 unspecified atom stereocenters. The molecule has 0 aliphatic carbocycles. The van der Waals surface area contributed by atoms with Gasteiger partial charge < -0.3 is 10.5 Å². The molecule has 0 spiro atoms. The van der Waals surface area contributed by atoms with E-state index in [0.29, 0.717) is 12.5 Å². The first-order valence-corrected chi connectivity index (χ1v) is 8.07. The standard InChI is InChI=1S/C18H22BrNO/c1-12(2)16-7-4-13(3)10-18(16)21-17-11-15(19)6-5-14(17)8-9-20/h4-7,10-12H,8-9,20H2,1-3H3. The van der Waals surface area contributed by atoms with Crippen LogP contribution in [0.4, 0.5) is 0 Å². The zero-order valence-corrected chi connectivity index (χ0v) is 14.4. The van der Waals surface area contributed by atoms with Gasteiger partial charge in [-0.15, -0.1) is 0 Å². The molecule has 112 valence electrons. The zero-order valence-electron chi connectivity index (χ0n) is 12.8. The predicted octanol–water partition coefficient (Wildman–Crippen LogP) is 5.17. The maximum Gasteiger partial charge on any atom is 0.131 e. The van der Waals surface area contributed by atoms with Crippen LogP contribution in [0, 0.1) is 6.92 Å². The summed E-state index contributed by atoms with van der Waals surface area (Å²) in [5.74, 6) is 2.23. The first-order valence-electron chi connectivity index (χ1n) is 7.28. The minimum Gasteiger partial charge on any atom is -0.457 e. The molecule has 0 heterocycles.